The molecular formula is C18H16N8O. The topological polar surface area (TPSA) is 123 Å². The molecule has 0 radical (unpaired) electrons. The van der Waals surface area contributed by atoms with E-state index >= 15 is 0 Å². The van der Waals surface area contributed by atoms with Gasteiger partial charge in [-0.05, 0) is 42.8 Å². The molecule has 134 valence electrons. The number of fused-ring (bicyclic) bond motifs is 2. The third-order valence-corrected chi connectivity index (χ3v) is 4.06. The molecule has 3 N–H and O–H groups in total. The van der Waals surface area contributed by atoms with Crippen molar-refractivity contribution in [3.05, 3.63) is 65.7 Å². The maximum Gasteiger partial charge on any atom is 0.332 e. The molecule has 0 fully saturated rings. The Morgan fingerprint density at radius 3 is 2.96 bits per heavy atom. The predicted molar refractivity (Wildman–Crippen MR) is 100 cm³/mol. The van der Waals surface area contributed by atoms with Gasteiger partial charge < -0.3 is 5.73 Å². The number of carbonyl (C=O) groups excluding carboxylic acids is 1. The van der Waals surface area contributed by atoms with E-state index in [1.165, 1.54) is 0 Å². The Balaban J connectivity index is 1.67. The van der Waals surface area contributed by atoms with Gasteiger partial charge in [-0.25, -0.2) is 10.2 Å². The third kappa shape index (κ3) is 3.43. The molecular weight excluding hydrogens is 344 g/mol. The van der Waals surface area contributed by atoms with E-state index in [9.17, 15) is 4.79 Å². The quantitative estimate of drug-likeness (QED) is 0.423. The van der Waals surface area contributed by atoms with E-state index in [1.54, 1.807) is 29.8 Å². The first kappa shape index (κ1) is 16.6. The maximum absolute atomic E-state index is 10.8. The number of amides is 2. The summed E-state index contributed by atoms with van der Waals surface area (Å²) in [7, 11) is 0. The van der Waals surface area contributed by atoms with Crippen molar-refractivity contribution in [2.45, 2.75) is 13.3 Å². The van der Waals surface area contributed by atoms with Crippen molar-refractivity contribution in [1.29, 1.82) is 0 Å². The lowest BCUT2D eigenvalue weighted by molar-refractivity contribution is 0.249. The van der Waals surface area contributed by atoms with E-state index in [4.69, 9.17) is 5.73 Å². The average molecular weight is 360 g/mol. The number of nitrogens with two attached hydrogens (primary N) is 1. The summed E-state index contributed by atoms with van der Waals surface area (Å²) < 4.78 is 1.67. The molecule has 27 heavy (non-hydrogen) atoms. The van der Waals surface area contributed by atoms with E-state index in [-0.39, 0.29) is 0 Å². The molecule has 2 amide bonds. The van der Waals surface area contributed by atoms with Crippen LogP contribution in [0.15, 0.2) is 53.8 Å². The molecule has 0 aliphatic heterocycles. The van der Waals surface area contributed by atoms with Crippen LogP contribution < -0.4 is 11.2 Å². The minimum Gasteiger partial charge on any atom is -0.350 e. The molecule has 9 nitrogen and oxygen atoms in total. The largest absolute Gasteiger partial charge is 0.350 e. The molecule has 0 unspecified atom stereocenters. The van der Waals surface area contributed by atoms with Crippen LogP contribution in [0.3, 0.4) is 0 Å². The highest BCUT2D eigenvalue weighted by Crippen LogP contribution is 2.16. The molecule has 3 aromatic heterocycles. The lowest BCUT2D eigenvalue weighted by Gasteiger charge is -2.04. The Hall–Kier alpha value is -3.88. The highest BCUT2D eigenvalue weighted by atomic mass is 16.2. The summed E-state index contributed by atoms with van der Waals surface area (Å²) in [5.41, 5.74) is 11.0. The van der Waals surface area contributed by atoms with Crippen LogP contribution in [0.25, 0.3) is 16.6 Å². The summed E-state index contributed by atoms with van der Waals surface area (Å²) in [6.07, 6.45) is 2.34. The first-order chi connectivity index (χ1) is 13.1. The Morgan fingerprint density at radius 2 is 2.11 bits per heavy atom. The number of hydrazone groups is 1. The van der Waals surface area contributed by atoms with Crippen molar-refractivity contribution in [3.8, 4) is 0 Å². The number of aromatic nitrogens is 5. The number of rotatable bonds is 4. The number of nitrogens with zero attached hydrogens (tertiary/aromatic N) is 6. The van der Waals surface area contributed by atoms with Gasteiger partial charge in [0.2, 0.25) is 0 Å². The van der Waals surface area contributed by atoms with Crippen LogP contribution in [0.2, 0.25) is 0 Å². The highest BCUT2D eigenvalue weighted by Gasteiger charge is 2.10. The van der Waals surface area contributed by atoms with E-state index in [1.807, 2.05) is 24.3 Å². The molecule has 0 saturated heterocycles. The summed E-state index contributed by atoms with van der Waals surface area (Å²) in [6, 6.07) is 12.8. The van der Waals surface area contributed by atoms with Gasteiger partial charge in [-0.3, -0.25) is 4.98 Å². The second-order valence-corrected chi connectivity index (χ2v) is 5.99. The van der Waals surface area contributed by atoms with Gasteiger partial charge in [0.15, 0.2) is 11.5 Å². The standard InChI is InChI=1S/C18H16N8O/c1-11(21-24-18(19)27)14-6-7-16-22-23-17(26(16)25-14)10-12-4-5-15-13(9-12)3-2-8-20-15/h2-9H,10H2,1H3,(H3,19,24,27)/b21-11+. The third-order valence-electron chi connectivity index (χ3n) is 4.06. The normalized spacial score (nSPS) is 11.8. The minimum atomic E-state index is -0.730. The van der Waals surface area contributed by atoms with Gasteiger partial charge in [-0.2, -0.15) is 14.7 Å². The van der Waals surface area contributed by atoms with E-state index < -0.39 is 6.03 Å². The van der Waals surface area contributed by atoms with Crippen LogP contribution in [-0.2, 0) is 6.42 Å². The van der Waals surface area contributed by atoms with Gasteiger partial charge in [-0.15, -0.1) is 10.2 Å². The molecule has 0 saturated carbocycles. The monoisotopic (exact) mass is 360 g/mol. The van der Waals surface area contributed by atoms with Crippen LogP contribution in [-0.4, -0.2) is 36.5 Å². The Labute approximate surface area is 153 Å². The van der Waals surface area contributed by atoms with E-state index in [2.05, 4.69) is 36.9 Å². The molecule has 4 aromatic rings. The van der Waals surface area contributed by atoms with Crippen LogP contribution in [0.4, 0.5) is 4.79 Å². The molecule has 0 spiro atoms. The Morgan fingerprint density at radius 1 is 1.22 bits per heavy atom. The molecule has 0 aliphatic carbocycles. The molecule has 4 rings (SSSR count). The fourth-order valence-corrected chi connectivity index (χ4v) is 2.75. The van der Waals surface area contributed by atoms with Crippen molar-refractivity contribution >= 4 is 28.3 Å². The predicted octanol–water partition coefficient (Wildman–Crippen LogP) is 1.66. The van der Waals surface area contributed by atoms with Gasteiger partial charge >= 0.3 is 6.03 Å². The zero-order valence-corrected chi connectivity index (χ0v) is 14.5. The lowest BCUT2D eigenvalue weighted by atomic mass is 10.1. The SMILES string of the molecule is C/C(=N\NC(N)=O)c1ccc2nnc(Cc3ccc4ncccc4c3)n2n1. The zero-order chi connectivity index (χ0) is 18.8. The van der Waals surface area contributed by atoms with Gasteiger partial charge in [0.1, 0.15) is 5.69 Å². The second-order valence-electron chi connectivity index (χ2n) is 5.99. The fraction of sp³-hybridized carbons (Fsp3) is 0.111. The number of carbonyl (C=O) groups is 1. The number of urea groups is 1. The van der Waals surface area contributed by atoms with Gasteiger partial charge in [0, 0.05) is 18.0 Å². The van der Waals surface area contributed by atoms with Crippen LogP contribution in [0.5, 0.6) is 0 Å². The minimum absolute atomic E-state index is 0.520. The average Bonchev–Trinajstić information content (AvgIpc) is 3.08. The summed E-state index contributed by atoms with van der Waals surface area (Å²) in [5, 5.41) is 17.9. The van der Waals surface area contributed by atoms with Gasteiger partial charge in [0.25, 0.3) is 0 Å². The summed E-state index contributed by atoms with van der Waals surface area (Å²) >= 11 is 0. The Kier molecular flexibility index (Phi) is 4.17. The summed E-state index contributed by atoms with van der Waals surface area (Å²) in [6.45, 7) is 1.73. The van der Waals surface area contributed by atoms with Gasteiger partial charge in [0.05, 0.1) is 11.2 Å². The summed E-state index contributed by atoms with van der Waals surface area (Å²) in [5.74, 6) is 0.700. The number of pyridine rings is 1. The fourth-order valence-electron chi connectivity index (χ4n) is 2.75. The van der Waals surface area contributed by atoms with Crippen LogP contribution in [0, 0.1) is 0 Å². The van der Waals surface area contributed by atoms with Crippen molar-refractivity contribution in [2.24, 2.45) is 10.8 Å². The lowest BCUT2D eigenvalue weighted by Crippen LogP contribution is -2.25. The van der Waals surface area contributed by atoms with Crippen molar-refractivity contribution in [1.82, 2.24) is 30.2 Å². The van der Waals surface area contributed by atoms with Crippen molar-refractivity contribution < 1.29 is 4.79 Å². The second kappa shape index (κ2) is 6.79. The Bertz CT molecular complexity index is 1180. The smallest absolute Gasteiger partial charge is 0.332 e. The van der Waals surface area contributed by atoms with Crippen molar-refractivity contribution in [2.75, 3.05) is 0 Å². The number of primary amides is 1. The zero-order valence-electron chi connectivity index (χ0n) is 14.5. The molecule has 1 aromatic carbocycles. The molecule has 3 heterocycles. The van der Waals surface area contributed by atoms with Crippen LogP contribution >= 0.6 is 0 Å². The molecule has 0 bridgehead atoms. The molecule has 9 heteroatoms. The number of hydrogen-bond donors (Lipinski definition) is 2. The summed E-state index contributed by atoms with van der Waals surface area (Å²) in [4.78, 5) is 15.1. The van der Waals surface area contributed by atoms with E-state index in [0.29, 0.717) is 29.3 Å². The van der Waals surface area contributed by atoms with Gasteiger partial charge in [-0.1, -0.05) is 12.1 Å². The first-order valence-electron chi connectivity index (χ1n) is 8.25. The maximum atomic E-state index is 10.8. The van der Waals surface area contributed by atoms with E-state index in [0.717, 1.165) is 16.5 Å². The number of nitrogens with one attached hydrogen (secondary N) is 1. The van der Waals surface area contributed by atoms with Crippen molar-refractivity contribution in [3.63, 3.8) is 0 Å². The molecule has 0 atom stereocenters. The first-order valence-corrected chi connectivity index (χ1v) is 8.25. The number of benzene rings is 1. The highest BCUT2D eigenvalue weighted by molar-refractivity contribution is 5.97. The number of hydrogen-bond acceptors (Lipinski definition) is 6. The molecule has 0 aliphatic rings. The van der Waals surface area contributed by atoms with Crippen LogP contribution in [0.1, 0.15) is 24.0 Å².